The number of carbonyl (C=O) groups is 2. The van der Waals surface area contributed by atoms with E-state index in [0.717, 1.165) is 50.4 Å². The number of carbonyl (C=O) groups excluding carboxylic acids is 2. The number of hydrogen-bond donors (Lipinski definition) is 1. The summed E-state index contributed by atoms with van der Waals surface area (Å²) in [6.07, 6.45) is 2.33. The van der Waals surface area contributed by atoms with Crippen molar-refractivity contribution in [3.63, 3.8) is 0 Å². The number of benzene rings is 1. The number of hydrogen-bond acceptors (Lipinski definition) is 4. The fraction of sp³-hybridized carbons (Fsp3) is 0.609. The maximum Gasteiger partial charge on any atom is 0.253 e. The van der Waals surface area contributed by atoms with Crippen molar-refractivity contribution >= 4 is 41.8 Å². The van der Waals surface area contributed by atoms with Gasteiger partial charge >= 0.3 is 0 Å². The average molecular weight is 557 g/mol. The topological polar surface area (TPSA) is 77.5 Å². The fourth-order valence-electron chi connectivity index (χ4n) is 3.95. The lowest BCUT2D eigenvalue weighted by Crippen LogP contribution is -2.55. The van der Waals surface area contributed by atoms with Gasteiger partial charge in [0, 0.05) is 65.5 Å². The van der Waals surface area contributed by atoms with Crippen LogP contribution >= 0.6 is 24.0 Å². The lowest BCUT2D eigenvalue weighted by Gasteiger charge is -2.37. The molecule has 0 spiro atoms. The van der Waals surface area contributed by atoms with Crippen LogP contribution in [0.1, 0.15) is 35.7 Å². The SMILES string of the molecule is CCNC(=NCCc1cccc(C(=O)N(C)C)c1)N1CCN(C(=O)C2CCCO2)CC1.I. The van der Waals surface area contributed by atoms with Gasteiger partial charge in [-0.05, 0) is 43.9 Å². The molecule has 9 heteroatoms. The minimum atomic E-state index is -0.247. The summed E-state index contributed by atoms with van der Waals surface area (Å²) in [5.74, 6) is 1.02. The summed E-state index contributed by atoms with van der Waals surface area (Å²) in [6, 6.07) is 7.74. The Labute approximate surface area is 208 Å². The molecule has 1 aromatic rings. The molecule has 2 heterocycles. The Kier molecular flexibility index (Phi) is 10.7. The summed E-state index contributed by atoms with van der Waals surface area (Å²) in [5.41, 5.74) is 1.80. The molecule has 2 saturated heterocycles. The number of amides is 2. The molecule has 2 aliphatic heterocycles. The standard InChI is InChI=1S/C23H35N5O3.HI/c1-4-24-23(25-11-10-18-7-5-8-19(17-18)21(29)26(2)3)28-14-12-27(13-15-28)22(30)20-9-6-16-31-20;/h5,7-8,17,20H,4,6,9-16H2,1-3H3,(H,24,25);1H. The molecule has 0 aliphatic carbocycles. The van der Waals surface area contributed by atoms with Gasteiger partial charge in [-0.1, -0.05) is 12.1 Å². The Morgan fingerprint density at radius 2 is 1.91 bits per heavy atom. The number of ether oxygens (including phenoxy) is 1. The summed E-state index contributed by atoms with van der Waals surface area (Å²) in [5, 5.41) is 3.37. The van der Waals surface area contributed by atoms with Crippen molar-refractivity contribution in [1.82, 2.24) is 20.0 Å². The number of guanidine groups is 1. The molecule has 178 valence electrons. The van der Waals surface area contributed by atoms with Crippen molar-refractivity contribution in [3.8, 4) is 0 Å². The van der Waals surface area contributed by atoms with Crippen molar-refractivity contribution in [2.24, 2.45) is 4.99 Å². The van der Waals surface area contributed by atoms with Gasteiger partial charge in [0.15, 0.2) is 5.96 Å². The first-order valence-electron chi connectivity index (χ1n) is 11.2. The Morgan fingerprint density at radius 3 is 2.53 bits per heavy atom. The van der Waals surface area contributed by atoms with E-state index in [2.05, 4.69) is 17.1 Å². The Morgan fingerprint density at radius 1 is 1.19 bits per heavy atom. The van der Waals surface area contributed by atoms with Gasteiger partial charge < -0.3 is 24.8 Å². The predicted octanol–water partition coefficient (Wildman–Crippen LogP) is 1.84. The van der Waals surface area contributed by atoms with E-state index in [9.17, 15) is 9.59 Å². The third-order valence-corrected chi connectivity index (χ3v) is 5.67. The van der Waals surface area contributed by atoms with Gasteiger partial charge in [0.25, 0.3) is 11.8 Å². The van der Waals surface area contributed by atoms with Crippen LogP contribution in [0.15, 0.2) is 29.3 Å². The molecule has 1 unspecified atom stereocenters. The second-order valence-electron chi connectivity index (χ2n) is 8.20. The number of rotatable bonds is 6. The van der Waals surface area contributed by atoms with Crippen LogP contribution < -0.4 is 5.32 Å². The molecule has 0 aromatic heterocycles. The van der Waals surface area contributed by atoms with Crippen molar-refractivity contribution in [2.45, 2.75) is 32.3 Å². The number of piperazine rings is 1. The van der Waals surface area contributed by atoms with Gasteiger partial charge in [0.05, 0.1) is 0 Å². The Balaban J connectivity index is 0.00000363. The molecule has 1 N–H and O–H groups in total. The van der Waals surface area contributed by atoms with E-state index in [0.29, 0.717) is 31.8 Å². The zero-order valence-electron chi connectivity index (χ0n) is 19.4. The highest BCUT2D eigenvalue weighted by Gasteiger charge is 2.30. The van der Waals surface area contributed by atoms with E-state index in [4.69, 9.17) is 9.73 Å². The molecule has 0 saturated carbocycles. The summed E-state index contributed by atoms with van der Waals surface area (Å²) < 4.78 is 5.55. The van der Waals surface area contributed by atoms with Crippen LogP contribution in [-0.4, -0.2) is 98.5 Å². The number of nitrogens with one attached hydrogen (secondary N) is 1. The number of halogens is 1. The van der Waals surface area contributed by atoms with Gasteiger partial charge in [0.2, 0.25) is 0 Å². The normalized spacial score (nSPS) is 18.8. The highest BCUT2D eigenvalue weighted by Crippen LogP contribution is 2.16. The van der Waals surface area contributed by atoms with Crippen LogP contribution in [0.3, 0.4) is 0 Å². The highest BCUT2D eigenvalue weighted by atomic mass is 127. The van der Waals surface area contributed by atoms with E-state index in [1.54, 1.807) is 19.0 Å². The largest absolute Gasteiger partial charge is 0.368 e. The predicted molar refractivity (Wildman–Crippen MR) is 137 cm³/mol. The smallest absolute Gasteiger partial charge is 0.253 e. The lowest BCUT2D eigenvalue weighted by atomic mass is 10.1. The quantitative estimate of drug-likeness (QED) is 0.328. The second-order valence-corrected chi connectivity index (χ2v) is 8.20. The molecule has 0 radical (unpaired) electrons. The van der Waals surface area contributed by atoms with Crippen LogP contribution in [0.2, 0.25) is 0 Å². The Bertz CT molecular complexity index is 788. The molecule has 2 aliphatic rings. The number of aliphatic imine (C=N–C) groups is 1. The molecule has 8 nitrogen and oxygen atoms in total. The van der Waals surface area contributed by atoms with E-state index >= 15 is 0 Å². The van der Waals surface area contributed by atoms with E-state index in [1.807, 2.05) is 29.2 Å². The van der Waals surface area contributed by atoms with Crippen LogP contribution in [0, 0.1) is 0 Å². The minimum Gasteiger partial charge on any atom is -0.368 e. The highest BCUT2D eigenvalue weighted by molar-refractivity contribution is 14.0. The third-order valence-electron chi connectivity index (χ3n) is 5.67. The minimum absolute atomic E-state index is 0. The Hall–Kier alpha value is -1.88. The summed E-state index contributed by atoms with van der Waals surface area (Å²) in [4.78, 5) is 35.3. The van der Waals surface area contributed by atoms with Crippen LogP contribution in [0.4, 0.5) is 0 Å². The van der Waals surface area contributed by atoms with Crippen molar-refractivity contribution in [3.05, 3.63) is 35.4 Å². The summed E-state index contributed by atoms with van der Waals surface area (Å²) in [7, 11) is 3.52. The van der Waals surface area contributed by atoms with Crippen molar-refractivity contribution < 1.29 is 14.3 Å². The molecular weight excluding hydrogens is 521 g/mol. The lowest BCUT2D eigenvalue weighted by molar-refractivity contribution is -0.142. The maximum atomic E-state index is 12.6. The zero-order chi connectivity index (χ0) is 22.2. The summed E-state index contributed by atoms with van der Waals surface area (Å²) >= 11 is 0. The third kappa shape index (κ3) is 7.06. The molecule has 2 fully saturated rings. The molecule has 0 bridgehead atoms. The van der Waals surface area contributed by atoms with Gasteiger partial charge in [-0.15, -0.1) is 24.0 Å². The molecule has 2 amide bonds. The van der Waals surface area contributed by atoms with Crippen molar-refractivity contribution in [1.29, 1.82) is 0 Å². The molecule has 1 atom stereocenters. The van der Waals surface area contributed by atoms with Crippen molar-refractivity contribution in [2.75, 3.05) is 60.0 Å². The molecular formula is C23H36IN5O3. The molecule has 1 aromatic carbocycles. The summed E-state index contributed by atoms with van der Waals surface area (Å²) in [6.45, 7) is 7.09. The fourth-order valence-corrected chi connectivity index (χ4v) is 3.95. The van der Waals surface area contributed by atoms with Gasteiger partial charge in [-0.2, -0.15) is 0 Å². The van der Waals surface area contributed by atoms with Gasteiger partial charge in [-0.25, -0.2) is 0 Å². The second kappa shape index (κ2) is 13.0. The van der Waals surface area contributed by atoms with E-state index in [-0.39, 0.29) is 41.9 Å². The van der Waals surface area contributed by atoms with Crippen LogP contribution in [-0.2, 0) is 16.0 Å². The first-order chi connectivity index (χ1) is 15.0. The first-order valence-corrected chi connectivity index (χ1v) is 11.2. The maximum absolute atomic E-state index is 12.6. The molecule has 3 rings (SSSR count). The van der Waals surface area contributed by atoms with E-state index in [1.165, 1.54) is 0 Å². The first kappa shape index (κ1) is 26.4. The van der Waals surface area contributed by atoms with Gasteiger partial charge in [0.1, 0.15) is 6.10 Å². The van der Waals surface area contributed by atoms with E-state index < -0.39 is 0 Å². The van der Waals surface area contributed by atoms with Crippen LogP contribution in [0.5, 0.6) is 0 Å². The average Bonchev–Trinajstić information content (AvgIpc) is 3.33. The zero-order valence-corrected chi connectivity index (χ0v) is 21.7. The van der Waals surface area contributed by atoms with Gasteiger partial charge in [-0.3, -0.25) is 14.6 Å². The monoisotopic (exact) mass is 557 g/mol. The number of nitrogens with zero attached hydrogens (tertiary/aromatic N) is 4. The van der Waals surface area contributed by atoms with Crippen LogP contribution in [0.25, 0.3) is 0 Å². The molecule has 32 heavy (non-hydrogen) atoms.